The van der Waals surface area contributed by atoms with Crippen LogP contribution in [-0.2, 0) is 4.74 Å². The summed E-state index contributed by atoms with van der Waals surface area (Å²) in [4.78, 5) is 12.0. The summed E-state index contributed by atoms with van der Waals surface area (Å²) in [6, 6.07) is 3.13. The Balaban J connectivity index is 1.88. The molecule has 7 nitrogen and oxygen atoms in total. The fourth-order valence-corrected chi connectivity index (χ4v) is 2.75. The van der Waals surface area contributed by atoms with E-state index in [1.165, 1.54) is 21.3 Å². The summed E-state index contributed by atoms with van der Waals surface area (Å²) in [6.07, 6.45) is 3.10. The average molecular weight is 338 g/mol. The van der Waals surface area contributed by atoms with E-state index in [1.807, 2.05) is 0 Å². The van der Waals surface area contributed by atoms with E-state index in [9.17, 15) is 4.79 Å². The normalized spacial score (nSPS) is 14.8. The van der Waals surface area contributed by atoms with Crippen molar-refractivity contribution in [2.45, 2.75) is 19.3 Å². The quantitative estimate of drug-likeness (QED) is 0.799. The van der Waals surface area contributed by atoms with Crippen molar-refractivity contribution in [2.75, 3.05) is 46.4 Å². The van der Waals surface area contributed by atoms with Crippen molar-refractivity contribution < 1.29 is 23.7 Å². The first-order valence-corrected chi connectivity index (χ1v) is 8.10. The van der Waals surface area contributed by atoms with Crippen molar-refractivity contribution in [3.05, 3.63) is 12.1 Å². The highest BCUT2D eigenvalue weighted by molar-refractivity contribution is 5.90. The first-order valence-electron chi connectivity index (χ1n) is 8.10. The first kappa shape index (κ1) is 18.2. The lowest BCUT2D eigenvalue weighted by molar-refractivity contribution is 0.0642. The number of urea groups is 1. The number of nitrogens with one attached hydrogen (secondary N) is 2. The molecule has 0 aliphatic carbocycles. The van der Waals surface area contributed by atoms with E-state index in [4.69, 9.17) is 18.9 Å². The van der Waals surface area contributed by atoms with Gasteiger partial charge in [-0.2, -0.15) is 0 Å². The Morgan fingerprint density at radius 2 is 1.75 bits per heavy atom. The van der Waals surface area contributed by atoms with E-state index >= 15 is 0 Å². The number of hydrogen-bond donors (Lipinski definition) is 2. The van der Waals surface area contributed by atoms with Crippen molar-refractivity contribution >= 4 is 11.7 Å². The fourth-order valence-electron chi connectivity index (χ4n) is 2.75. The van der Waals surface area contributed by atoms with E-state index in [0.29, 0.717) is 35.4 Å². The van der Waals surface area contributed by atoms with Gasteiger partial charge in [0.2, 0.25) is 5.75 Å². The van der Waals surface area contributed by atoms with Gasteiger partial charge in [-0.25, -0.2) is 4.79 Å². The van der Waals surface area contributed by atoms with Gasteiger partial charge in [0.15, 0.2) is 11.5 Å². The molecule has 2 rings (SSSR count). The van der Waals surface area contributed by atoms with Gasteiger partial charge in [-0.1, -0.05) is 0 Å². The SMILES string of the molecule is COc1cc(NC(=O)NCCC2CCOCC2)cc(OC)c1OC. The van der Waals surface area contributed by atoms with Crippen molar-refractivity contribution in [1.29, 1.82) is 0 Å². The largest absolute Gasteiger partial charge is 0.493 e. The molecule has 1 fully saturated rings. The summed E-state index contributed by atoms with van der Waals surface area (Å²) in [5, 5.41) is 5.67. The number of hydrogen-bond acceptors (Lipinski definition) is 5. The van der Waals surface area contributed by atoms with Crippen LogP contribution in [0.3, 0.4) is 0 Å². The van der Waals surface area contributed by atoms with Gasteiger partial charge >= 0.3 is 6.03 Å². The molecule has 0 aromatic heterocycles. The number of carbonyl (C=O) groups excluding carboxylic acids is 1. The third kappa shape index (κ3) is 4.92. The monoisotopic (exact) mass is 338 g/mol. The molecule has 0 unspecified atom stereocenters. The molecule has 0 bridgehead atoms. The lowest BCUT2D eigenvalue weighted by atomic mass is 9.97. The van der Waals surface area contributed by atoms with Crippen LogP contribution >= 0.6 is 0 Å². The summed E-state index contributed by atoms with van der Waals surface area (Å²) in [5.74, 6) is 2.11. The van der Waals surface area contributed by atoms with Crippen LogP contribution < -0.4 is 24.8 Å². The van der Waals surface area contributed by atoms with E-state index in [2.05, 4.69) is 10.6 Å². The Morgan fingerprint density at radius 1 is 1.12 bits per heavy atom. The molecule has 0 saturated carbocycles. The first-order chi connectivity index (χ1) is 11.7. The van der Waals surface area contributed by atoms with Crippen molar-refractivity contribution in [3.63, 3.8) is 0 Å². The van der Waals surface area contributed by atoms with Crippen LogP contribution in [0.5, 0.6) is 17.2 Å². The van der Waals surface area contributed by atoms with Gasteiger partial charge in [0.05, 0.1) is 27.0 Å². The Morgan fingerprint density at radius 3 is 2.29 bits per heavy atom. The third-order valence-corrected chi connectivity index (χ3v) is 4.10. The lowest BCUT2D eigenvalue weighted by Crippen LogP contribution is -2.31. The summed E-state index contributed by atoms with van der Waals surface area (Å²) < 4.78 is 21.1. The van der Waals surface area contributed by atoms with Gasteiger partial charge < -0.3 is 29.6 Å². The Hall–Kier alpha value is -2.15. The van der Waals surface area contributed by atoms with Gasteiger partial charge in [-0.15, -0.1) is 0 Å². The maximum Gasteiger partial charge on any atom is 0.319 e. The molecule has 0 atom stereocenters. The molecule has 1 saturated heterocycles. The number of anilines is 1. The number of ether oxygens (including phenoxy) is 4. The fraction of sp³-hybridized carbons (Fsp3) is 0.588. The summed E-state index contributed by atoms with van der Waals surface area (Å²) in [7, 11) is 4.61. The predicted octanol–water partition coefficient (Wildman–Crippen LogP) is 2.65. The van der Waals surface area contributed by atoms with Crippen LogP contribution in [0, 0.1) is 5.92 Å². The van der Waals surface area contributed by atoms with Gasteiger partial charge in [-0.05, 0) is 25.2 Å². The van der Waals surface area contributed by atoms with Gasteiger partial charge in [0.25, 0.3) is 0 Å². The van der Waals surface area contributed by atoms with Crippen LogP contribution in [0.2, 0.25) is 0 Å². The van der Waals surface area contributed by atoms with E-state index < -0.39 is 0 Å². The standard InChI is InChI=1S/C17H26N2O5/c1-21-14-10-13(11-15(22-2)16(14)23-3)19-17(20)18-7-4-12-5-8-24-9-6-12/h10-12H,4-9H2,1-3H3,(H2,18,19,20). The van der Waals surface area contributed by atoms with Crippen LogP contribution in [-0.4, -0.2) is 47.1 Å². The Labute approximate surface area is 142 Å². The number of amides is 2. The lowest BCUT2D eigenvalue weighted by Gasteiger charge is -2.22. The predicted molar refractivity (Wildman–Crippen MR) is 91.3 cm³/mol. The second-order valence-corrected chi connectivity index (χ2v) is 5.64. The Kier molecular flexibility index (Phi) is 6.99. The highest BCUT2D eigenvalue weighted by Crippen LogP contribution is 2.39. The average Bonchev–Trinajstić information content (AvgIpc) is 2.61. The Bertz CT molecular complexity index is 519. The molecule has 0 spiro atoms. The van der Waals surface area contributed by atoms with Crippen molar-refractivity contribution in [3.8, 4) is 17.2 Å². The summed E-state index contributed by atoms with van der Waals surface area (Å²) in [6.45, 7) is 2.28. The molecule has 1 aromatic rings. The zero-order valence-electron chi connectivity index (χ0n) is 14.5. The molecule has 2 N–H and O–H groups in total. The maximum atomic E-state index is 12.0. The summed E-state index contributed by atoms with van der Waals surface area (Å²) in [5.41, 5.74) is 0.577. The number of rotatable bonds is 7. The van der Waals surface area contributed by atoms with E-state index in [1.54, 1.807) is 12.1 Å². The number of carbonyl (C=O) groups is 1. The van der Waals surface area contributed by atoms with Crippen molar-refractivity contribution in [2.24, 2.45) is 5.92 Å². The highest BCUT2D eigenvalue weighted by Gasteiger charge is 2.16. The second kappa shape index (κ2) is 9.22. The van der Waals surface area contributed by atoms with E-state index in [-0.39, 0.29) is 6.03 Å². The molecule has 2 amide bonds. The molecule has 0 radical (unpaired) electrons. The molecule has 1 aliphatic rings. The zero-order valence-corrected chi connectivity index (χ0v) is 14.5. The van der Waals surface area contributed by atoms with Crippen LogP contribution in [0.1, 0.15) is 19.3 Å². The highest BCUT2D eigenvalue weighted by atomic mass is 16.5. The smallest absolute Gasteiger partial charge is 0.319 e. The van der Waals surface area contributed by atoms with Crippen molar-refractivity contribution in [1.82, 2.24) is 5.32 Å². The van der Waals surface area contributed by atoms with Gasteiger partial charge in [-0.3, -0.25) is 0 Å². The number of benzene rings is 1. The molecule has 24 heavy (non-hydrogen) atoms. The maximum absolute atomic E-state index is 12.0. The molecular formula is C17H26N2O5. The van der Waals surface area contributed by atoms with Gasteiger partial charge in [0, 0.05) is 31.9 Å². The molecule has 1 aromatic carbocycles. The number of methoxy groups -OCH3 is 3. The molecular weight excluding hydrogens is 312 g/mol. The van der Waals surface area contributed by atoms with Crippen LogP contribution in [0.4, 0.5) is 10.5 Å². The molecule has 7 heteroatoms. The minimum absolute atomic E-state index is 0.253. The van der Waals surface area contributed by atoms with Crippen LogP contribution in [0.25, 0.3) is 0 Å². The van der Waals surface area contributed by atoms with Gasteiger partial charge in [0.1, 0.15) is 0 Å². The van der Waals surface area contributed by atoms with Crippen LogP contribution in [0.15, 0.2) is 12.1 Å². The second-order valence-electron chi connectivity index (χ2n) is 5.64. The molecule has 134 valence electrons. The zero-order chi connectivity index (χ0) is 17.4. The minimum atomic E-state index is -0.253. The minimum Gasteiger partial charge on any atom is -0.493 e. The molecule has 1 heterocycles. The molecule has 1 aliphatic heterocycles. The van der Waals surface area contributed by atoms with E-state index in [0.717, 1.165) is 32.5 Å². The third-order valence-electron chi connectivity index (χ3n) is 4.10. The summed E-state index contributed by atoms with van der Waals surface area (Å²) >= 11 is 0. The topological polar surface area (TPSA) is 78.1 Å².